The first-order valence-electron chi connectivity index (χ1n) is 6.51. The van der Waals surface area contributed by atoms with Crippen LogP contribution in [0.3, 0.4) is 0 Å². The number of halogens is 2. The van der Waals surface area contributed by atoms with Crippen molar-refractivity contribution in [2.45, 2.75) is 6.92 Å². The van der Waals surface area contributed by atoms with Crippen LogP contribution in [0.25, 0.3) is 0 Å². The summed E-state index contributed by atoms with van der Waals surface area (Å²) in [5, 5.41) is 3.45. The van der Waals surface area contributed by atoms with Gasteiger partial charge >= 0.3 is 0 Å². The fourth-order valence-electron chi connectivity index (χ4n) is 1.97. The molecule has 0 unspecified atom stereocenters. The molecule has 1 amide bonds. The molecule has 0 radical (unpaired) electrons. The molecule has 23 heavy (non-hydrogen) atoms. The fraction of sp³-hybridized carbons (Fsp3) is 0.133. The first kappa shape index (κ1) is 17.6. The Labute approximate surface area is 144 Å². The van der Waals surface area contributed by atoms with E-state index in [1.165, 1.54) is 6.07 Å². The number of nitrogens with one attached hydrogen (secondary N) is 2. The molecule has 0 aromatic heterocycles. The largest absolute Gasteiger partial charge is 0.321 e. The summed E-state index contributed by atoms with van der Waals surface area (Å²) in [4.78, 5) is 12.4. The Morgan fingerprint density at radius 2 is 1.78 bits per heavy atom. The highest BCUT2D eigenvalue weighted by molar-refractivity contribution is 7.92. The molecule has 2 aromatic rings. The van der Waals surface area contributed by atoms with Crippen molar-refractivity contribution in [3.05, 3.63) is 57.6 Å². The molecule has 0 saturated carbocycles. The number of amides is 1. The topological polar surface area (TPSA) is 75.3 Å². The molecule has 0 bridgehead atoms. The van der Waals surface area contributed by atoms with Gasteiger partial charge in [-0.25, -0.2) is 8.42 Å². The SMILES string of the molecule is Cc1c(NS(C)(=O)=O)cccc1C(=O)Nc1ccc(Cl)cc1Cl. The summed E-state index contributed by atoms with van der Waals surface area (Å²) in [6.45, 7) is 1.66. The molecule has 0 aliphatic rings. The monoisotopic (exact) mass is 372 g/mol. The van der Waals surface area contributed by atoms with Crippen LogP contribution in [-0.4, -0.2) is 20.6 Å². The Balaban J connectivity index is 2.31. The van der Waals surface area contributed by atoms with Crippen molar-refractivity contribution < 1.29 is 13.2 Å². The highest BCUT2D eigenvalue weighted by atomic mass is 35.5. The minimum absolute atomic E-state index is 0.314. The first-order valence-corrected chi connectivity index (χ1v) is 9.16. The van der Waals surface area contributed by atoms with Crippen LogP contribution in [0.15, 0.2) is 36.4 Å². The average molecular weight is 373 g/mol. The highest BCUT2D eigenvalue weighted by Crippen LogP contribution is 2.27. The van der Waals surface area contributed by atoms with E-state index in [9.17, 15) is 13.2 Å². The van der Waals surface area contributed by atoms with E-state index < -0.39 is 15.9 Å². The third-order valence-corrected chi connectivity index (χ3v) is 4.19. The van der Waals surface area contributed by atoms with E-state index in [-0.39, 0.29) is 0 Å². The summed E-state index contributed by atoms with van der Waals surface area (Å²) >= 11 is 11.8. The Hall–Kier alpha value is -1.76. The molecule has 8 heteroatoms. The van der Waals surface area contributed by atoms with Crippen molar-refractivity contribution in [3.63, 3.8) is 0 Å². The molecule has 0 atom stereocenters. The molecule has 0 aliphatic heterocycles. The summed E-state index contributed by atoms with van der Waals surface area (Å²) < 4.78 is 25.1. The number of hydrogen-bond acceptors (Lipinski definition) is 3. The second kappa shape index (κ2) is 6.78. The first-order chi connectivity index (χ1) is 10.7. The second-order valence-corrected chi connectivity index (χ2v) is 7.52. The standard InChI is InChI=1S/C15H14Cl2N2O3S/c1-9-11(4-3-5-13(9)19-23(2,21)22)15(20)18-14-7-6-10(16)8-12(14)17/h3-8,19H,1-2H3,(H,18,20). The van der Waals surface area contributed by atoms with Crippen LogP contribution < -0.4 is 10.0 Å². The lowest BCUT2D eigenvalue weighted by atomic mass is 10.1. The maximum absolute atomic E-state index is 12.4. The van der Waals surface area contributed by atoms with Gasteiger partial charge in [0.15, 0.2) is 0 Å². The van der Waals surface area contributed by atoms with Crippen molar-refractivity contribution in [1.29, 1.82) is 0 Å². The number of carbonyl (C=O) groups excluding carboxylic acids is 1. The third-order valence-electron chi connectivity index (χ3n) is 3.05. The van der Waals surface area contributed by atoms with Crippen LogP contribution in [0.5, 0.6) is 0 Å². The van der Waals surface area contributed by atoms with Crippen molar-refractivity contribution in [3.8, 4) is 0 Å². The van der Waals surface area contributed by atoms with Gasteiger partial charge in [-0.1, -0.05) is 29.3 Å². The van der Waals surface area contributed by atoms with E-state index in [0.29, 0.717) is 32.5 Å². The van der Waals surface area contributed by atoms with Crippen LogP contribution >= 0.6 is 23.2 Å². The van der Waals surface area contributed by atoms with Gasteiger partial charge in [-0.05, 0) is 42.8 Å². The molecule has 122 valence electrons. The van der Waals surface area contributed by atoms with Crippen LogP contribution in [0.4, 0.5) is 11.4 Å². The van der Waals surface area contributed by atoms with Gasteiger partial charge in [0.25, 0.3) is 5.91 Å². The summed E-state index contributed by atoms with van der Waals surface area (Å²) in [6.07, 6.45) is 1.05. The smallest absolute Gasteiger partial charge is 0.256 e. The van der Waals surface area contributed by atoms with E-state index in [2.05, 4.69) is 10.0 Å². The minimum Gasteiger partial charge on any atom is -0.321 e. The normalized spacial score (nSPS) is 11.1. The Morgan fingerprint density at radius 3 is 2.39 bits per heavy atom. The zero-order valence-corrected chi connectivity index (χ0v) is 14.7. The van der Waals surface area contributed by atoms with Gasteiger partial charge in [0.1, 0.15) is 0 Å². The lowest BCUT2D eigenvalue weighted by Crippen LogP contribution is -2.16. The van der Waals surface area contributed by atoms with Crippen molar-refractivity contribution in [2.24, 2.45) is 0 Å². The van der Waals surface area contributed by atoms with Gasteiger partial charge in [0.2, 0.25) is 10.0 Å². The van der Waals surface area contributed by atoms with Gasteiger partial charge in [-0.2, -0.15) is 0 Å². The van der Waals surface area contributed by atoms with Gasteiger partial charge in [0.05, 0.1) is 22.7 Å². The average Bonchev–Trinajstić information content (AvgIpc) is 2.42. The van der Waals surface area contributed by atoms with Crippen molar-refractivity contribution >= 4 is 50.5 Å². The molecule has 5 nitrogen and oxygen atoms in total. The van der Waals surface area contributed by atoms with E-state index in [4.69, 9.17) is 23.2 Å². The van der Waals surface area contributed by atoms with Crippen LogP contribution in [-0.2, 0) is 10.0 Å². The number of sulfonamides is 1. The number of benzene rings is 2. The number of rotatable bonds is 4. The molecule has 2 aromatic carbocycles. The molecule has 2 rings (SSSR count). The predicted octanol–water partition coefficient (Wildman–Crippen LogP) is 3.93. The lowest BCUT2D eigenvalue weighted by Gasteiger charge is -2.13. The molecular weight excluding hydrogens is 359 g/mol. The van der Waals surface area contributed by atoms with E-state index in [1.54, 1.807) is 37.3 Å². The van der Waals surface area contributed by atoms with Gasteiger partial charge < -0.3 is 5.32 Å². The van der Waals surface area contributed by atoms with Crippen LogP contribution in [0.2, 0.25) is 10.0 Å². The zero-order chi connectivity index (χ0) is 17.2. The predicted molar refractivity (Wildman–Crippen MR) is 94.1 cm³/mol. The quantitative estimate of drug-likeness (QED) is 0.853. The zero-order valence-electron chi connectivity index (χ0n) is 12.4. The van der Waals surface area contributed by atoms with E-state index >= 15 is 0 Å². The fourth-order valence-corrected chi connectivity index (χ4v) is 3.05. The van der Waals surface area contributed by atoms with Gasteiger partial charge in [-0.3, -0.25) is 9.52 Å². The Morgan fingerprint density at radius 1 is 1.09 bits per heavy atom. The molecule has 2 N–H and O–H groups in total. The van der Waals surface area contributed by atoms with Crippen LogP contribution in [0, 0.1) is 6.92 Å². The van der Waals surface area contributed by atoms with Gasteiger partial charge in [-0.15, -0.1) is 0 Å². The molecule has 0 aliphatic carbocycles. The Kier molecular flexibility index (Phi) is 5.19. The maximum Gasteiger partial charge on any atom is 0.256 e. The number of carbonyl (C=O) groups is 1. The summed E-state index contributed by atoms with van der Waals surface area (Å²) in [5.74, 6) is -0.399. The lowest BCUT2D eigenvalue weighted by molar-refractivity contribution is 0.102. The van der Waals surface area contributed by atoms with E-state index in [1.807, 2.05) is 0 Å². The van der Waals surface area contributed by atoms with E-state index in [0.717, 1.165) is 6.26 Å². The second-order valence-electron chi connectivity index (χ2n) is 4.93. The van der Waals surface area contributed by atoms with Gasteiger partial charge in [0, 0.05) is 10.6 Å². The highest BCUT2D eigenvalue weighted by Gasteiger charge is 2.15. The summed E-state index contributed by atoms with van der Waals surface area (Å²) in [7, 11) is -3.43. The summed E-state index contributed by atoms with van der Waals surface area (Å²) in [5.41, 5.74) is 1.62. The van der Waals surface area contributed by atoms with Crippen LogP contribution in [0.1, 0.15) is 15.9 Å². The number of hydrogen-bond donors (Lipinski definition) is 2. The molecule has 0 spiro atoms. The molecule has 0 fully saturated rings. The third kappa shape index (κ3) is 4.60. The van der Waals surface area contributed by atoms with Crippen molar-refractivity contribution in [1.82, 2.24) is 0 Å². The minimum atomic E-state index is -3.43. The summed E-state index contributed by atoms with van der Waals surface area (Å²) in [6, 6.07) is 9.50. The number of anilines is 2. The molecule has 0 heterocycles. The van der Waals surface area contributed by atoms with Crippen molar-refractivity contribution in [2.75, 3.05) is 16.3 Å². The molecule has 0 saturated heterocycles. The molecular formula is C15H14Cl2N2O3S. The Bertz CT molecular complexity index is 867. The maximum atomic E-state index is 12.4.